The predicted molar refractivity (Wildman–Crippen MR) is 117 cm³/mol. The van der Waals surface area contributed by atoms with Crippen LogP contribution in [-0.4, -0.2) is 35.3 Å². The number of amides is 6. The Morgan fingerprint density at radius 2 is 1.81 bits per heavy atom. The van der Waals surface area contributed by atoms with Gasteiger partial charge in [-0.15, -0.1) is 0 Å². The topological polar surface area (TPSA) is 108 Å². The van der Waals surface area contributed by atoms with Crippen molar-refractivity contribution in [3.63, 3.8) is 0 Å². The van der Waals surface area contributed by atoms with Crippen molar-refractivity contribution in [1.29, 1.82) is 0 Å². The number of fused-ring (bicyclic) bond motifs is 1. The number of hydrogen-bond donors (Lipinski definition) is 3. The number of carbonyl (C=O) groups excluding carboxylic acids is 4. The Balaban J connectivity index is 1.41. The van der Waals surface area contributed by atoms with Crippen LogP contribution in [0.3, 0.4) is 0 Å². The second kappa shape index (κ2) is 8.14. The molecule has 160 valence electrons. The van der Waals surface area contributed by atoms with Crippen molar-refractivity contribution in [2.75, 3.05) is 11.9 Å². The van der Waals surface area contributed by atoms with Crippen LogP contribution in [0.1, 0.15) is 30.0 Å². The van der Waals surface area contributed by atoms with Gasteiger partial charge in [-0.05, 0) is 67.1 Å². The minimum absolute atomic E-state index is 0.493. The normalized spacial score (nSPS) is 19.7. The van der Waals surface area contributed by atoms with Crippen LogP contribution in [0.25, 0.3) is 0 Å². The first-order valence-electron chi connectivity index (χ1n) is 9.89. The first kappa shape index (κ1) is 21.0. The predicted octanol–water partition coefficient (Wildman–Crippen LogP) is 3.05. The van der Waals surface area contributed by atoms with Gasteiger partial charge in [-0.1, -0.05) is 34.1 Å². The third kappa shape index (κ3) is 4.18. The molecule has 2 aliphatic rings. The van der Waals surface area contributed by atoms with E-state index >= 15 is 0 Å². The summed E-state index contributed by atoms with van der Waals surface area (Å²) in [6.45, 7) is 1.07. The van der Waals surface area contributed by atoms with Crippen molar-refractivity contribution in [2.45, 2.75) is 31.7 Å². The lowest BCUT2D eigenvalue weighted by atomic mass is 9.89. The molecule has 0 aromatic heterocycles. The summed E-state index contributed by atoms with van der Waals surface area (Å²) in [7, 11) is 0. The molecule has 1 fully saturated rings. The summed E-state index contributed by atoms with van der Waals surface area (Å²) in [5, 5.41) is 7.35. The molecule has 8 nitrogen and oxygen atoms in total. The monoisotopic (exact) mass is 484 g/mol. The molecule has 9 heteroatoms. The van der Waals surface area contributed by atoms with Gasteiger partial charge in [0.2, 0.25) is 5.91 Å². The van der Waals surface area contributed by atoms with Crippen molar-refractivity contribution in [1.82, 2.24) is 15.5 Å². The molecule has 0 saturated carbocycles. The summed E-state index contributed by atoms with van der Waals surface area (Å²) < 4.78 is 0.847. The van der Waals surface area contributed by atoms with E-state index in [9.17, 15) is 19.2 Å². The molecule has 31 heavy (non-hydrogen) atoms. The van der Waals surface area contributed by atoms with E-state index < -0.39 is 36.0 Å². The van der Waals surface area contributed by atoms with Gasteiger partial charge in [0.15, 0.2) is 0 Å². The molecule has 0 spiro atoms. The summed E-state index contributed by atoms with van der Waals surface area (Å²) in [5.74, 6) is -1.30. The van der Waals surface area contributed by atoms with E-state index in [0.717, 1.165) is 28.6 Å². The molecule has 2 aromatic carbocycles. The molecule has 1 heterocycles. The fourth-order valence-electron chi connectivity index (χ4n) is 3.92. The maximum absolute atomic E-state index is 13.0. The van der Waals surface area contributed by atoms with Crippen molar-refractivity contribution >= 4 is 45.5 Å². The Bertz CT molecular complexity index is 1090. The number of hydrogen-bond acceptors (Lipinski definition) is 4. The Kier molecular flexibility index (Phi) is 5.53. The molecule has 2 aromatic rings. The highest BCUT2D eigenvalue weighted by molar-refractivity contribution is 9.10. The van der Waals surface area contributed by atoms with Crippen molar-refractivity contribution in [2.24, 2.45) is 0 Å². The highest BCUT2D eigenvalue weighted by Gasteiger charge is 2.49. The number of imide groups is 2. The van der Waals surface area contributed by atoms with E-state index in [-0.39, 0.29) is 0 Å². The lowest BCUT2D eigenvalue weighted by Gasteiger charge is -2.23. The number of nitrogens with one attached hydrogen (secondary N) is 3. The summed E-state index contributed by atoms with van der Waals surface area (Å²) in [6, 6.07) is 11.2. The van der Waals surface area contributed by atoms with Gasteiger partial charge in [-0.25, -0.2) is 9.59 Å². The Labute approximate surface area is 187 Å². The van der Waals surface area contributed by atoms with Crippen LogP contribution in [0.2, 0.25) is 0 Å². The Morgan fingerprint density at radius 3 is 2.55 bits per heavy atom. The Hall–Kier alpha value is -3.20. The largest absolute Gasteiger partial charge is 0.325 e. The average Bonchev–Trinajstić information content (AvgIpc) is 3.28. The minimum Gasteiger partial charge on any atom is -0.319 e. The van der Waals surface area contributed by atoms with Crippen LogP contribution < -0.4 is 16.0 Å². The second-order valence-corrected chi connectivity index (χ2v) is 8.71. The van der Waals surface area contributed by atoms with E-state index in [1.54, 1.807) is 31.2 Å². The number of carbonyl (C=O) groups is 4. The number of halogens is 1. The van der Waals surface area contributed by atoms with Crippen LogP contribution in [0.15, 0.2) is 46.9 Å². The number of anilines is 1. The van der Waals surface area contributed by atoms with Gasteiger partial charge < -0.3 is 10.6 Å². The summed E-state index contributed by atoms with van der Waals surface area (Å²) in [6.07, 6.45) is 3.03. The summed E-state index contributed by atoms with van der Waals surface area (Å²) >= 11 is 3.29. The van der Waals surface area contributed by atoms with Crippen LogP contribution in [0, 0.1) is 0 Å². The van der Waals surface area contributed by atoms with Crippen LogP contribution in [-0.2, 0) is 28.0 Å². The zero-order valence-corrected chi connectivity index (χ0v) is 18.4. The molecule has 1 atom stereocenters. The molecule has 3 N–H and O–H groups in total. The van der Waals surface area contributed by atoms with E-state index in [0.29, 0.717) is 11.3 Å². The highest BCUT2D eigenvalue weighted by Crippen LogP contribution is 2.32. The maximum atomic E-state index is 13.0. The molecule has 1 unspecified atom stereocenters. The quantitative estimate of drug-likeness (QED) is 0.579. The molecule has 6 amide bonds. The van der Waals surface area contributed by atoms with Crippen LogP contribution in [0.4, 0.5) is 15.3 Å². The second-order valence-electron chi connectivity index (χ2n) is 7.79. The molecule has 0 bridgehead atoms. The molecule has 1 aliphatic carbocycles. The number of urea groups is 2. The van der Waals surface area contributed by atoms with Crippen LogP contribution in [0.5, 0.6) is 0 Å². The minimum atomic E-state index is -1.26. The van der Waals surface area contributed by atoms with Gasteiger partial charge in [0.25, 0.3) is 5.91 Å². The summed E-state index contributed by atoms with van der Waals surface area (Å²) in [4.78, 5) is 50.7. The third-order valence-corrected chi connectivity index (χ3v) is 6.14. The van der Waals surface area contributed by atoms with Crippen molar-refractivity contribution < 1.29 is 19.2 Å². The lowest BCUT2D eigenvalue weighted by molar-refractivity contribution is -0.134. The highest BCUT2D eigenvalue weighted by atomic mass is 79.9. The van der Waals surface area contributed by atoms with Gasteiger partial charge in [0, 0.05) is 10.2 Å². The molecule has 0 radical (unpaired) electrons. The number of nitrogens with zero attached hydrogens (tertiary/aromatic N) is 1. The third-order valence-electron chi connectivity index (χ3n) is 5.61. The van der Waals surface area contributed by atoms with Crippen LogP contribution >= 0.6 is 15.9 Å². The van der Waals surface area contributed by atoms with Gasteiger partial charge in [-0.2, -0.15) is 0 Å². The smallest absolute Gasteiger partial charge is 0.319 e. The molecular formula is C22H21BrN4O4. The van der Waals surface area contributed by atoms with Crippen molar-refractivity contribution in [3.8, 4) is 0 Å². The lowest BCUT2D eigenvalue weighted by Crippen LogP contribution is -2.45. The fraction of sp³-hybridized carbons (Fsp3) is 0.273. The average molecular weight is 485 g/mol. The first-order valence-corrected chi connectivity index (χ1v) is 10.7. The zero-order valence-electron chi connectivity index (χ0n) is 16.8. The van der Waals surface area contributed by atoms with Crippen molar-refractivity contribution in [3.05, 3.63) is 63.6 Å². The standard InChI is InChI=1S/C22H21BrN4O4/c1-22(15-6-5-13-3-2-4-14(13)11-15)19(29)27(21(31)26-22)12-18(28)25-20(30)24-17-9-7-16(23)8-10-17/h5-11H,2-4,12H2,1H3,(H,26,31)(H2,24,25,28,30). The molecular weight excluding hydrogens is 464 g/mol. The SMILES string of the molecule is CC1(c2ccc3c(c2)CCC3)NC(=O)N(CC(=O)NC(=O)Nc2ccc(Br)cc2)C1=O. The summed E-state index contributed by atoms with van der Waals surface area (Å²) in [5.41, 5.74) is 2.36. The van der Waals surface area contributed by atoms with Gasteiger partial charge >= 0.3 is 12.1 Å². The van der Waals surface area contributed by atoms with E-state index in [1.165, 1.54) is 11.1 Å². The zero-order chi connectivity index (χ0) is 22.2. The van der Waals surface area contributed by atoms with Gasteiger partial charge in [-0.3, -0.25) is 19.8 Å². The van der Waals surface area contributed by atoms with E-state index in [4.69, 9.17) is 0 Å². The number of benzene rings is 2. The number of rotatable bonds is 4. The maximum Gasteiger partial charge on any atom is 0.325 e. The van der Waals surface area contributed by atoms with E-state index in [2.05, 4.69) is 31.9 Å². The fourth-order valence-corrected chi connectivity index (χ4v) is 4.19. The van der Waals surface area contributed by atoms with Gasteiger partial charge in [0.05, 0.1) is 0 Å². The first-order chi connectivity index (χ1) is 14.8. The molecule has 4 rings (SSSR count). The van der Waals surface area contributed by atoms with Gasteiger partial charge in [0.1, 0.15) is 12.1 Å². The Morgan fingerprint density at radius 1 is 1.10 bits per heavy atom. The molecule has 1 aliphatic heterocycles. The van der Waals surface area contributed by atoms with E-state index in [1.807, 2.05) is 18.2 Å². The number of aryl methyl sites for hydroxylation is 2. The molecule has 1 saturated heterocycles.